The lowest BCUT2D eigenvalue weighted by molar-refractivity contribution is 0.185. The molecule has 1 amide bonds. The summed E-state index contributed by atoms with van der Waals surface area (Å²) in [5.41, 5.74) is 4.30. The molecule has 0 spiro atoms. The van der Waals surface area contributed by atoms with Gasteiger partial charge < -0.3 is 15.7 Å². The van der Waals surface area contributed by atoms with Gasteiger partial charge in [-0.15, -0.1) is 0 Å². The zero-order chi connectivity index (χ0) is 13.9. The maximum absolute atomic E-state index is 10.6. The molecule has 0 atom stereocenters. The molecule has 1 fully saturated rings. The number of nitrogens with one attached hydrogen (secondary N) is 2. The van der Waals surface area contributed by atoms with Crippen molar-refractivity contribution in [3.63, 3.8) is 0 Å². The number of carbonyl (C=O) groups is 1. The van der Waals surface area contributed by atoms with Crippen molar-refractivity contribution in [3.05, 3.63) is 29.3 Å². The molecule has 4 nitrogen and oxygen atoms in total. The third kappa shape index (κ3) is 2.89. The maximum atomic E-state index is 10.6. The molecular formula is C16H22N2O2. The molecule has 0 radical (unpaired) electrons. The number of amides is 1. The molecule has 1 aromatic rings. The van der Waals surface area contributed by atoms with Crippen LogP contribution in [0.3, 0.4) is 0 Å². The average Bonchev–Trinajstić information content (AvgIpc) is 2.90. The van der Waals surface area contributed by atoms with Crippen LogP contribution in [-0.4, -0.2) is 23.3 Å². The van der Waals surface area contributed by atoms with E-state index in [0.29, 0.717) is 6.04 Å². The Morgan fingerprint density at radius 1 is 1.10 bits per heavy atom. The topological polar surface area (TPSA) is 61.4 Å². The van der Waals surface area contributed by atoms with Gasteiger partial charge in [-0.25, -0.2) is 4.79 Å². The van der Waals surface area contributed by atoms with Crippen molar-refractivity contribution < 1.29 is 9.90 Å². The molecule has 3 rings (SSSR count). The van der Waals surface area contributed by atoms with E-state index in [1.807, 2.05) is 0 Å². The summed E-state index contributed by atoms with van der Waals surface area (Å²) in [5, 5.41) is 15.0. The Morgan fingerprint density at radius 2 is 1.85 bits per heavy atom. The van der Waals surface area contributed by atoms with Gasteiger partial charge in [0.25, 0.3) is 0 Å². The minimum Gasteiger partial charge on any atom is -0.465 e. The van der Waals surface area contributed by atoms with Crippen LogP contribution in [0.15, 0.2) is 18.2 Å². The maximum Gasteiger partial charge on any atom is 0.404 e. The first-order valence-electron chi connectivity index (χ1n) is 7.59. The van der Waals surface area contributed by atoms with E-state index in [4.69, 9.17) is 5.11 Å². The Bertz CT molecular complexity index is 493. The normalized spacial score (nSPS) is 25.0. The molecule has 0 unspecified atom stereocenters. The van der Waals surface area contributed by atoms with E-state index in [1.165, 1.54) is 36.1 Å². The van der Waals surface area contributed by atoms with Crippen LogP contribution in [0.5, 0.6) is 0 Å². The summed E-state index contributed by atoms with van der Waals surface area (Å²) in [4.78, 5) is 10.6. The summed E-state index contributed by atoms with van der Waals surface area (Å²) in [6, 6.07) is 7.18. The largest absolute Gasteiger partial charge is 0.465 e. The third-order valence-electron chi connectivity index (χ3n) is 4.56. The summed E-state index contributed by atoms with van der Waals surface area (Å²) in [6.45, 7) is 0. The smallest absolute Gasteiger partial charge is 0.404 e. The summed E-state index contributed by atoms with van der Waals surface area (Å²) in [7, 11) is 0. The first-order chi connectivity index (χ1) is 9.72. The van der Waals surface area contributed by atoms with Gasteiger partial charge in [0.05, 0.1) is 0 Å². The fraction of sp³-hybridized carbons (Fsp3) is 0.562. The summed E-state index contributed by atoms with van der Waals surface area (Å²) >= 11 is 0. The van der Waals surface area contributed by atoms with Crippen LogP contribution in [0, 0.1) is 0 Å². The van der Waals surface area contributed by atoms with E-state index in [9.17, 15) is 4.79 Å². The fourth-order valence-corrected chi connectivity index (χ4v) is 3.53. The molecule has 3 N–H and O–H groups in total. The molecule has 0 heterocycles. The molecule has 0 aromatic heterocycles. The van der Waals surface area contributed by atoms with Crippen LogP contribution in [0.25, 0.3) is 0 Å². The van der Waals surface area contributed by atoms with Crippen LogP contribution in [-0.2, 0) is 12.8 Å². The van der Waals surface area contributed by atoms with E-state index in [2.05, 4.69) is 28.8 Å². The van der Waals surface area contributed by atoms with E-state index < -0.39 is 6.09 Å². The predicted molar refractivity (Wildman–Crippen MR) is 79.3 cm³/mol. The zero-order valence-corrected chi connectivity index (χ0v) is 11.7. The minimum absolute atomic E-state index is 0.132. The molecule has 1 aromatic carbocycles. The second-order valence-electron chi connectivity index (χ2n) is 5.94. The van der Waals surface area contributed by atoms with E-state index in [0.717, 1.165) is 25.7 Å². The van der Waals surface area contributed by atoms with Crippen LogP contribution in [0.2, 0.25) is 0 Å². The minimum atomic E-state index is -0.901. The molecule has 2 aliphatic rings. The van der Waals surface area contributed by atoms with Gasteiger partial charge in [-0.2, -0.15) is 0 Å². The van der Waals surface area contributed by atoms with Gasteiger partial charge in [0.1, 0.15) is 0 Å². The van der Waals surface area contributed by atoms with Crippen molar-refractivity contribution in [1.29, 1.82) is 0 Å². The Balaban J connectivity index is 1.58. The van der Waals surface area contributed by atoms with Crippen LogP contribution in [0.4, 0.5) is 10.5 Å². The highest BCUT2D eigenvalue weighted by Crippen LogP contribution is 2.31. The number of carboxylic acid groups (broad SMARTS) is 1. The molecule has 1 saturated carbocycles. The Hall–Kier alpha value is -1.71. The van der Waals surface area contributed by atoms with Gasteiger partial charge in [-0.05, 0) is 62.1 Å². The van der Waals surface area contributed by atoms with Crippen molar-refractivity contribution in [2.45, 2.75) is 57.0 Å². The van der Waals surface area contributed by atoms with Crippen molar-refractivity contribution in [3.8, 4) is 0 Å². The Labute approximate surface area is 119 Å². The van der Waals surface area contributed by atoms with Gasteiger partial charge in [-0.3, -0.25) is 0 Å². The van der Waals surface area contributed by atoms with Gasteiger partial charge in [0, 0.05) is 17.8 Å². The van der Waals surface area contributed by atoms with Gasteiger partial charge in [0.15, 0.2) is 0 Å². The molecule has 108 valence electrons. The first-order valence-corrected chi connectivity index (χ1v) is 7.59. The standard InChI is InChI=1S/C16H22N2O2/c19-16(20)18-13-9-7-12(8-10-13)17-15-6-2-4-11-3-1-5-14(11)15/h2,4,6,12-13,17-18H,1,3,5,7-10H2,(H,19,20). The van der Waals surface area contributed by atoms with E-state index in [1.54, 1.807) is 0 Å². The number of hydrogen-bond donors (Lipinski definition) is 3. The van der Waals surface area contributed by atoms with Crippen LogP contribution < -0.4 is 10.6 Å². The molecule has 0 saturated heterocycles. The Kier molecular flexibility index (Phi) is 3.81. The number of anilines is 1. The number of aryl methyl sites for hydroxylation is 1. The van der Waals surface area contributed by atoms with Crippen LogP contribution in [0.1, 0.15) is 43.2 Å². The first kappa shape index (κ1) is 13.3. The average molecular weight is 274 g/mol. The second-order valence-corrected chi connectivity index (χ2v) is 5.94. The zero-order valence-electron chi connectivity index (χ0n) is 11.7. The molecule has 0 aliphatic heterocycles. The molecule has 2 aliphatic carbocycles. The second kappa shape index (κ2) is 5.73. The molecular weight excluding hydrogens is 252 g/mol. The SMILES string of the molecule is O=C(O)NC1CCC(Nc2cccc3c2CCC3)CC1. The summed E-state index contributed by atoms with van der Waals surface area (Å²) in [5.74, 6) is 0. The molecule has 20 heavy (non-hydrogen) atoms. The van der Waals surface area contributed by atoms with E-state index >= 15 is 0 Å². The van der Waals surface area contributed by atoms with Crippen molar-refractivity contribution in [2.24, 2.45) is 0 Å². The van der Waals surface area contributed by atoms with Gasteiger partial charge in [-0.1, -0.05) is 12.1 Å². The highest BCUT2D eigenvalue weighted by molar-refractivity contribution is 5.64. The molecule has 4 heteroatoms. The van der Waals surface area contributed by atoms with E-state index in [-0.39, 0.29) is 6.04 Å². The lowest BCUT2D eigenvalue weighted by Crippen LogP contribution is -2.39. The lowest BCUT2D eigenvalue weighted by atomic mass is 9.91. The van der Waals surface area contributed by atoms with Crippen molar-refractivity contribution >= 4 is 11.8 Å². The summed E-state index contributed by atoms with van der Waals surface area (Å²) in [6.07, 6.45) is 6.70. The highest BCUT2D eigenvalue weighted by Gasteiger charge is 2.23. The van der Waals surface area contributed by atoms with Gasteiger partial charge in [0.2, 0.25) is 0 Å². The van der Waals surface area contributed by atoms with Crippen molar-refractivity contribution in [1.82, 2.24) is 5.32 Å². The predicted octanol–water partition coefficient (Wildman–Crippen LogP) is 3.17. The third-order valence-corrected chi connectivity index (χ3v) is 4.56. The number of rotatable bonds is 3. The fourth-order valence-electron chi connectivity index (χ4n) is 3.53. The monoisotopic (exact) mass is 274 g/mol. The number of benzene rings is 1. The lowest BCUT2D eigenvalue weighted by Gasteiger charge is -2.30. The van der Waals surface area contributed by atoms with Gasteiger partial charge >= 0.3 is 6.09 Å². The number of hydrogen-bond acceptors (Lipinski definition) is 2. The summed E-state index contributed by atoms with van der Waals surface area (Å²) < 4.78 is 0. The van der Waals surface area contributed by atoms with Crippen LogP contribution >= 0.6 is 0 Å². The quantitative estimate of drug-likeness (QED) is 0.793. The Morgan fingerprint density at radius 3 is 2.60 bits per heavy atom. The molecule has 0 bridgehead atoms. The number of fused-ring (bicyclic) bond motifs is 1. The highest BCUT2D eigenvalue weighted by atomic mass is 16.4. The van der Waals surface area contributed by atoms with Crippen molar-refractivity contribution in [2.75, 3.05) is 5.32 Å².